The maximum absolute atomic E-state index is 8.34. The number of halogens is 1. The zero-order valence-corrected chi connectivity index (χ0v) is 7.53. The summed E-state index contributed by atoms with van der Waals surface area (Å²) in [6, 6.07) is 0. The van der Waals surface area contributed by atoms with E-state index in [1.54, 1.807) is 0 Å². The molecule has 0 unspecified atom stereocenters. The average molecular weight is 209 g/mol. The molecule has 0 spiro atoms. The van der Waals surface area contributed by atoms with E-state index in [1.807, 2.05) is 12.2 Å². The SMILES string of the molecule is Cl.[C-]1=CC=CC1.[O]=[Zr]. The molecule has 1 rings (SSSR count). The number of allylic oxidation sites excluding steroid dienone is 4. The van der Waals surface area contributed by atoms with Crippen molar-refractivity contribution in [1.29, 1.82) is 0 Å². The molecule has 0 aromatic carbocycles. The number of rotatable bonds is 0. The molecule has 0 N–H and O–H groups in total. The van der Waals surface area contributed by atoms with Crippen LogP contribution in [0.3, 0.4) is 0 Å². The van der Waals surface area contributed by atoms with Crippen LogP contribution in [0.2, 0.25) is 0 Å². The van der Waals surface area contributed by atoms with Gasteiger partial charge in [0.1, 0.15) is 0 Å². The van der Waals surface area contributed by atoms with Crippen LogP contribution < -0.4 is 0 Å². The summed E-state index contributed by atoms with van der Waals surface area (Å²) in [6.07, 6.45) is 10.0. The van der Waals surface area contributed by atoms with E-state index in [-0.39, 0.29) is 12.4 Å². The fraction of sp³-hybridized carbons (Fsp3) is 0.200. The Morgan fingerprint density at radius 1 is 1.50 bits per heavy atom. The Hall–Kier alpha value is 0.453. The van der Waals surface area contributed by atoms with E-state index in [0.717, 1.165) is 6.42 Å². The van der Waals surface area contributed by atoms with E-state index in [1.165, 1.54) is 0 Å². The third kappa shape index (κ3) is 6.45. The molecule has 0 aromatic rings. The molecule has 3 heteroatoms. The van der Waals surface area contributed by atoms with Crippen LogP contribution in [0.5, 0.6) is 0 Å². The molecule has 0 atom stereocenters. The van der Waals surface area contributed by atoms with Gasteiger partial charge in [0.15, 0.2) is 0 Å². The molecule has 1 aliphatic carbocycles. The van der Waals surface area contributed by atoms with Crippen LogP contribution in [-0.2, 0) is 27.5 Å². The monoisotopic (exact) mass is 207 g/mol. The molecule has 0 saturated heterocycles. The second-order valence-electron chi connectivity index (χ2n) is 1.00. The normalized spacial score (nSPS) is 11.4. The Morgan fingerprint density at radius 2 is 2.12 bits per heavy atom. The molecule has 1 nitrogen and oxygen atoms in total. The van der Waals surface area contributed by atoms with Gasteiger partial charge in [-0.05, 0) is 0 Å². The van der Waals surface area contributed by atoms with Gasteiger partial charge in [-0.15, -0.1) is 18.8 Å². The Morgan fingerprint density at radius 3 is 2.25 bits per heavy atom. The van der Waals surface area contributed by atoms with Crippen LogP contribution in [0.15, 0.2) is 18.2 Å². The van der Waals surface area contributed by atoms with Gasteiger partial charge in [-0.1, -0.05) is 0 Å². The van der Waals surface area contributed by atoms with Gasteiger partial charge in [0.05, 0.1) is 0 Å². The van der Waals surface area contributed by atoms with Gasteiger partial charge in [-0.25, -0.2) is 12.2 Å². The first-order chi connectivity index (χ1) is 3.50. The van der Waals surface area contributed by atoms with Crippen LogP contribution in [-0.4, -0.2) is 0 Å². The van der Waals surface area contributed by atoms with E-state index in [4.69, 9.17) is 2.81 Å². The second kappa shape index (κ2) is 10.4. The zero-order valence-electron chi connectivity index (χ0n) is 4.26. The Bertz CT molecular complexity index is 80.4. The van der Waals surface area contributed by atoms with Gasteiger partial charge in [0.2, 0.25) is 0 Å². The third-order valence-electron chi connectivity index (χ3n) is 0.586. The predicted octanol–water partition coefficient (Wildman–Crippen LogP) is 1.61. The van der Waals surface area contributed by atoms with E-state index < -0.39 is 0 Å². The molecule has 8 heavy (non-hydrogen) atoms. The zero-order chi connectivity index (χ0) is 5.54. The summed E-state index contributed by atoms with van der Waals surface area (Å²) in [4.78, 5) is 0. The molecule has 0 aliphatic heterocycles. The topological polar surface area (TPSA) is 17.1 Å². The Kier molecular flexibility index (Phi) is 14.7. The molecule has 0 saturated carbocycles. The molecule has 1 aliphatic rings. The third-order valence-corrected chi connectivity index (χ3v) is 0.586. The summed E-state index contributed by atoms with van der Waals surface area (Å²) >= 11 is 0.300. The molecule has 44 valence electrons. The van der Waals surface area contributed by atoms with Crippen LogP contribution in [0.25, 0.3) is 0 Å². The van der Waals surface area contributed by atoms with Crippen molar-refractivity contribution in [3.63, 3.8) is 0 Å². The first-order valence-corrected chi connectivity index (χ1v) is 2.92. The van der Waals surface area contributed by atoms with Gasteiger partial charge in [-0.3, -0.25) is 6.08 Å². The minimum absolute atomic E-state index is 0. The first-order valence-electron chi connectivity index (χ1n) is 1.92. The first kappa shape index (κ1) is 11.3. The summed E-state index contributed by atoms with van der Waals surface area (Å²) in [5, 5.41) is 0. The second-order valence-corrected chi connectivity index (χ2v) is 1.00. The van der Waals surface area contributed by atoms with Crippen LogP contribution in [0, 0.1) is 6.08 Å². The molecule has 0 aromatic heterocycles. The van der Waals surface area contributed by atoms with Gasteiger partial charge >= 0.3 is 27.5 Å². The Balaban J connectivity index is 0. The van der Waals surface area contributed by atoms with Crippen molar-refractivity contribution in [2.24, 2.45) is 0 Å². The quantitative estimate of drug-likeness (QED) is 0.553. The Labute approximate surface area is 70.6 Å². The standard InChI is InChI=1S/C5H5.ClH.O.Zr/c1-2-4-5-3-1;;;/h1-3H,4H2;1H;;/q-1;;;. The van der Waals surface area contributed by atoms with Crippen LogP contribution in [0.1, 0.15) is 6.42 Å². The van der Waals surface area contributed by atoms with E-state index in [0.29, 0.717) is 24.7 Å². The summed E-state index contributed by atoms with van der Waals surface area (Å²) in [5.41, 5.74) is 0. The molecule has 0 radical (unpaired) electrons. The van der Waals surface area contributed by atoms with Crippen molar-refractivity contribution >= 4 is 12.4 Å². The summed E-state index contributed by atoms with van der Waals surface area (Å²) < 4.78 is 8.34. The van der Waals surface area contributed by atoms with Gasteiger partial charge in [-0.2, -0.15) is 6.08 Å². The van der Waals surface area contributed by atoms with Crippen molar-refractivity contribution in [3.05, 3.63) is 24.3 Å². The van der Waals surface area contributed by atoms with Crippen LogP contribution >= 0.6 is 12.4 Å². The molecule has 0 fully saturated rings. The molecule has 0 amide bonds. The number of hydrogen-bond acceptors (Lipinski definition) is 1. The molecule has 0 heterocycles. The van der Waals surface area contributed by atoms with Gasteiger partial charge in [0.25, 0.3) is 0 Å². The minimum atomic E-state index is 0. The molecule has 0 bridgehead atoms. The van der Waals surface area contributed by atoms with Crippen LogP contribution in [0.4, 0.5) is 0 Å². The number of hydrogen-bond donors (Lipinski definition) is 0. The van der Waals surface area contributed by atoms with E-state index in [9.17, 15) is 0 Å². The van der Waals surface area contributed by atoms with Gasteiger partial charge < -0.3 is 0 Å². The predicted molar refractivity (Wildman–Crippen MR) is 29.5 cm³/mol. The van der Waals surface area contributed by atoms with Crippen molar-refractivity contribution in [1.82, 2.24) is 0 Å². The summed E-state index contributed by atoms with van der Waals surface area (Å²) in [7, 11) is 0. The van der Waals surface area contributed by atoms with Crippen molar-refractivity contribution in [3.8, 4) is 0 Å². The van der Waals surface area contributed by atoms with Crippen molar-refractivity contribution in [2.45, 2.75) is 6.42 Å². The van der Waals surface area contributed by atoms with E-state index in [2.05, 4.69) is 12.2 Å². The summed E-state index contributed by atoms with van der Waals surface area (Å²) in [5.74, 6) is 0. The van der Waals surface area contributed by atoms with Gasteiger partial charge in [0, 0.05) is 0 Å². The fourth-order valence-electron chi connectivity index (χ4n) is 0.340. The average Bonchev–Trinajstić information content (AvgIpc) is 2.23. The molecular formula is C5H6ClOZr-. The van der Waals surface area contributed by atoms with Crippen molar-refractivity contribution in [2.75, 3.05) is 0 Å². The van der Waals surface area contributed by atoms with Crippen molar-refractivity contribution < 1.29 is 27.5 Å². The maximum atomic E-state index is 8.34. The fourth-order valence-corrected chi connectivity index (χ4v) is 0.340. The van der Waals surface area contributed by atoms with E-state index >= 15 is 0 Å². The molecular weight excluding hydrogens is 203 g/mol. The summed E-state index contributed by atoms with van der Waals surface area (Å²) in [6.45, 7) is 0.